The van der Waals surface area contributed by atoms with E-state index in [0.717, 1.165) is 29.6 Å². The number of rotatable bonds is 6. The highest BCUT2D eigenvalue weighted by molar-refractivity contribution is 9.10. The normalized spacial score (nSPS) is 10.5. The van der Waals surface area contributed by atoms with Crippen LogP contribution in [0.3, 0.4) is 0 Å². The molecule has 2 N–H and O–H groups in total. The van der Waals surface area contributed by atoms with Gasteiger partial charge in [0.25, 0.3) is 0 Å². The number of benzene rings is 1. The molecule has 0 fully saturated rings. The van der Waals surface area contributed by atoms with Crippen molar-refractivity contribution in [2.45, 2.75) is 13.0 Å². The summed E-state index contributed by atoms with van der Waals surface area (Å²) >= 11 is 3.50. The van der Waals surface area contributed by atoms with Crippen molar-refractivity contribution >= 4 is 21.6 Å². The summed E-state index contributed by atoms with van der Waals surface area (Å²) in [6.07, 6.45) is 1.03. The lowest BCUT2D eigenvalue weighted by Crippen LogP contribution is -2.20. The Balaban J connectivity index is 2.66. The predicted octanol–water partition coefficient (Wildman–Crippen LogP) is 2.38. The number of nitrogens with two attached hydrogens (primary N) is 1. The monoisotopic (exact) mass is 286 g/mol. The van der Waals surface area contributed by atoms with Gasteiger partial charge in [0.05, 0.1) is 0 Å². The Morgan fingerprint density at radius 1 is 1.38 bits per heavy atom. The Hall–Kier alpha value is -0.580. The van der Waals surface area contributed by atoms with Crippen molar-refractivity contribution < 1.29 is 4.74 Å². The van der Waals surface area contributed by atoms with Crippen molar-refractivity contribution in [3.8, 4) is 0 Å². The summed E-state index contributed by atoms with van der Waals surface area (Å²) in [7, 11) is 3.81. The van der Waals surface area contributed by atoms with Gasteiger partial charge in [-0.3, -0.25) is 0 Å². The fourth-order valence-electron chi connectivity index (χ4n) is 1.55. The minimum atomic E-state index is 0.568. The van der Waals surface area contributed by atoms with Crippen LogP contribution in [0, 0.1) is 0 Å². The zero-order valence-electron chi connectivity index (χ0n) is 9.87. The van der Waals surface area contributed by atoms with Crippen LogP contribution in [-0.2, 0) is 11.3 Å². The van der Waals surface area contributed by atoms with Crippen LogP contribution < -0.4 is 10.6 Å². The van der Waals surface area contributed by atoms with Crippen molar-refractivity contribution in [2.24, 2.45) is 5.73 Å². The maximum Gasteiger partial charge on any atom is 0.0479 e. The molecule has 0 aliphatic carbocycles. The van der Waals surface area contributed by atoms with Crippen LogP contribution in [0.4, 0.5) is 5.69 Å². The first-order valence-corrected chi connectivity index (χ1v) is 6.16. The Labute approximate surface area is 106 Å². The molecular weight excluding hydrogens is 268 g/mol. The molecule has 0 unspecified atom stereocenters. The summed E-state index contributed by atoms with van der Waals surface area (Å²) in [5.41, 5.74) is 7.98. The summed E-state index contributed by atoms with van der Waals surface area (Å²) in [6, 6.07) is 6.27. The van der Waals surface area contributed by atoms with Crippen molar-refractivity contribution in [2.75, 3.05) is 32.2 Å². The van der Waals surface area contributed by atoms with E-state index in [2.05, 4.69) is 40.0 Å². The number of anilines is 1. The van der Waals surface area contributed by atoms with Crippen LogP contribution in [0.5, 0.6) is 0 Å². The fourth-order valence-corrected chi connectivity index (χ4v) is 2.08. The lowest BCUT2D eigenvalue weighted by atomic mass is 10.2. The second-order valence-electron chi connectivity index (χ2n) is 3.79. The maximum atomic E-state index is 5.65. The molecule has 0 aliphatic rings. The minimum Gasteiger partial charge on any atom is -0.385 e. The van der Waals surface area contributed by atoms with Gasteiger partial charge >= 0.3 is 0 Å². The quantitative estimate of drug-likeness (QED) is 0.816. The summed E-state index contributed by atoms with van der Waals surface area (Å²) < 4.78 is 6.11. The molecule has 0 saturated carbocycles. The number of methoxy groups -OCH3 is 1. The SMILES string of the molecule is COCCCN(C)c1cc(Br)cc(CN)c1. The van der Waals surface area contributed by atoms with E-state index in [0.29, 0.717) is 6.54 Å². The summed E-state index contributed by atoms with van der Waals surface area (Å²) in [5.74, 6) is 0. The van der Waals surface area contributed by atoms with Crippen LogP contribution in [0.15, 0.2) is 22.7 Å². The zero-order valence-corrected chi connectivity index (χ0v) is 11.5. The lowest BCUT2D eigenvalue weighted by Gasteiger charge is -2.20. The molecule has 90 valence electrons. The van der Waals surface area contributed by atoms with Crippen LogP contribution in [-0.4, -0.2) is 27.3 Å². The van der Waals surface area contributed by atoms with Gasteiger partial charge in [-0.15, -0.1) is 0 Å². The number of halogens is 1. The summed E-state index contributed by atoms with van der Waals surface area (Å²) in [5, 5.41) is 0. The highest BCUT2D eigenvalue weighted by atomic mass is 79.9. The van der Waals surface area contributed by atoms with Gasteiger partial charge in [-0.2, -0.15) is 0 Å². The molecule has 0 radical (unpaired) electrons. The van der Waals surface area contributed by atoms with Crippen LogP contribution in [0.25, 0.3) is 0 Å². The topological polar surface area (TPSA) is 38.5 Å². The molecule has 3 nitrogen and oxygen atoms in total. The standard InChI is InChI=1S/C12H19BrN2O/c1-15(4-3-5-16-2)12-7-10(9-14)6-11(13)8-12/h6-8H,3-5,9,14H2,1-2H3. The number of ether oxygens (including phenoxy) is 1. The van der Waals surface area contributed by atoms with E-state index in [1.807, 2.05) is 6.07 Å². The smallest absolute Gasteiger partial charge is 0.0479 e. The van der Waals surface area contributed by atoms with Gasteiger partial charge in [-0.25, -0.2) is 0 Å². The van der Waals surface area contributed by atoms with Gasteiger partial charge in [0.1, 0.15) is 0 Å². The highest BCUT2D eigenvalue weighted by Gasteiger charge is 2.03. The molecule has 16 heavy (non-hydrogen) atoms. The van der Waals surface area contributed by atoms with Crippen molar-refractivity contribution in [1.82, 2.24) is 0 Å². The molecule has 0 bridgehead atoms. The average Bonchev–Trinajstić information content (AvgIpc) is 2.28. The van der Waals surface area contributed by atoms with Gasteiger partial charge in [-0.05, 0) is 30.2 Å². The molecule has 0 atom stereocenters. The van der Waals surface area contributed by atoms with Crippen LogP contribution in [0.1, 0.15) is 12.0 Å². The largest absolute Gasteiger partial charge is 0.385 e. The Morgan fingerprint density at radius 2 is 2.12 bits per heavy atom. The molecular formula is C12H19BrN2O. The van der Waals surface area contributed by atoms with E-state index in [1.165, 1.54) is 5.69 Å². The summed E-state index contributed by atoms with van der Waals surface area (Å²) in [6.45, 7) is 2.34. The fraction of sp³-hybridized carbons (Fsp3) is 0.500. The molecule has 1 aromatic rings. The van der Waals surface area contributed by atoms with Gasteiger partial charge in [-0.1, -0.05) is 15.9 Å². The van der Waals surface area contributed by atoms with Crippen molar-refractivity contribution in [3.63, 3.8) is 0 Å². The molecule has 0 aromatic heterocycles. The van der Waals surface area contributed by atoms with E-state index in [1.54, 1.807) is 7.11 Å². The Kier molecular flexibility index (Phi) is 5.80. The molecule has 4 heteroatoms. The number of hydrogen-bond acceptors (Lipinski definition) is 3. The maximum absolute atomic E-state index is 5.65. The van der Waals surface area contributed by atoms with E-state index in [4.69, 9.17) is 10.5 Å². The molecule has 1 aromatic carbocycles. The van der Waals surface area contributed by atoms with E-state index in [-0.39, 0.29) is 0 Å². The molecule has 0 amide bonds. The third-order valence-corrected chi connectivity index (χ3v) is 2.92. The first kappa shape index (κ1) is 13.5. The number of hydrogen-bond donors (Lipinski definition) is 1. The second-order valence-corrected chi connectivity index (χ2v) is 4.71. The van der Waals surface area contributed by atoms with Gasteiger partial charge in [0.2, 0.25) is 0 Å². The Morgan fingerprint density at radius 3 is 2.75 bits per heavy atom. The molecule has 0 spiro atoms. The first-order chi connectivity index (χ1) is 7.67. The van der Waals surface area contributed by atoms with Crippen LogP contribution in [0.2, 0.25) is 0 Å². The lowest BCUT2D eigenvalue weighted by molar-refractivity contribution is 0.196. The van der Waals surface area contributed by atoms with Crippen molar-refractivity contribution in [3.05, 3.63) is 28.2 Å². The predicted molar refractivity (Wildman–Crippen MR) is 71.8 cm³/mol. The molecule has 0 saturated heterocycles. The van der Waals surface area contributed by atoms with Gasteiger partial charge in [0, 0.05) is 44.0 Å². The third kappa shape index (κ3) is 4.12. The molecule has 0 aliphatic heterocycles. The van der Waals surface area contributed by atoms with E-state index in [9.17, 15) is 0 Å². The number of nitrogens with zero attached hydrogens (tertiary/aromatic N) is 1. The molecule has 0 heterocycles. The second kappa shape index (κ2) is 6.89. The molecule has 1 rings (SSSR count). The van der Waals surface area contributed by atoms with E-state index >= 15 is 0 Å². The average molecular weight is 287 g/mol. The minimum absolute atomic E-state index is 0.568. The zero-order chi connectivity index (χ0) is 12.0. The van der Waals surface area contributed by atoms with Gasteiger partial charge < -0.3 is 15.4 Å². The van der Waals surface area contributed by atoms with Crippen LogP contribution >= 0.6 is 15.9 Å². The Bertz CT molecular complexity index is 331. The first-order valence-electron chi connectivity index (χ1n) is 5.37. The van der Waals surface area contributed by atoms with Crippen molar-refractivity contribution in [1.29, 1.82) is 0 Å². The van der Waals surface area contributed by atoms with E-state index < -0.39 is 0 Å². The highest BCUT2D eigenvalue weighted by Crippen LogP contribution is 2.22. The third-order valence-electron chi connectivity index (χ3n) is 2.46. The van der Waals surface area contributed by atoms with Gasteiger partial charge in [0.15, 0.2) is 0 Å². The summed E-state index contributed by atoms with van der Waals surface area (Å²) in [4.78, 5) is 2.21.